The van der Waals surface area contributed by atoms with Crippen molar-refractivity contribution < 1.29 is 9.59 Å². The summed E-state index contributed by atoms with van der Waals surface area (Å²) in [4.78, 5) is 40.7. The molecule has 75 heavy (non-hydrogen) atoms. The topological polar surface area (TPSA) is 40.6 Å². The van der Waals surface area contributed by atoms with Crippen LogP contribution in [-0.2, 0) is 25.8 Å². The Hall–Kier alpha value is -3.74. The number of unbranched alkanes of at least 4 members (excludes halogenated alkanes) is 16. The fourth-order valence-corrected chi connectivity index (χ4v) is 14.6. The Kier molecular flexibility index (Phi) is 21.0. The highest BCUT2D eigenvalue weighted by atomic mass is 32.1. The van der Waals surface area contributed by atoms with E-state index >= 15 is 9.59 Å². The van der Waals surface area contributed by atoms with E-state index in [0.29, 0.717) is 36.1 Å². The Morgan fingerprint density at radius 3 is 1.31 bits per heavy atom. The van der Waals surface area contributed by atoms with E-state index in [1.807, 2.05) is 0 Å². The molecule has 2 aromatic carbocycles. The van der Waals surface area contributed by atoms with Crippen LogP contribution in [-0.4, -0.2) is 34.7 Å². The Balaban J connectivity index is 1.32. The van der Waals surface area contributed by atoms with Gasteiger partial charge in [-0.1, -0.05) is 242 Å². The molecule has 0 spiro atoms. The number of nitrogens with zero attached hydrogens (tertiary/aromatic N) is 2. The van der Waals surface area contributed by atoms with Crippen molar-refractivity contribution in [3.05, 3.63) is 103 Å². The van der Waals surface area contributed by atoms with Gasteiger partial charge in [-0.15, -0.1) is 22.7 Å². The maximum atomic E-state index is 16.0. The minimum absolute atomic E-state index is 0.0371. The third-order valence-corrected chi connectivity index (χ3v) is 19.8. The molecule has 4 aromatic rings. The third-order valence-electron chi connectivity index (χ3n) is 17.2. The van der Waals surface area contributed by atoms with Crippen LogP contribution in [0, 0.1) is 11.8 Å². The number of hydrogen-bond acceptors (Lipinski definition) is 4. The van der Waals surface area contributed by atoms with Crippen molar-refractivity contribution in [2.45, 2.75) is 253 Å². The van der Waals surface area contributed by atoms with Gasteiger partial charge in [-0.25, -0.2) is 0 Å². The number of fused-ring (bicyclic) bond motifs is 4. The molecule has 2 atom stereocenters. The summed E-state index contributed by atoms with van der Waals surface area (Å²) < 4.78 is 0. The summed E-state index contributed by atoms with van der Waals surface area (Å²) in [5.41, 5.74) is 11.0. The van der Waals surface area contributed by atoms with Crippen molar-refractivity contribution in [2.75, 3.05) is 13.1 Å². The Labute approximate surface area is 465 Å². The van der Waals surface area contributed by atoms with Crippen LogP contribution in [0.3, 0.4) is 0 Å². The molecule has 3 aliphatic rings. The molecule has 2 aliphatic heterocycles. The van der Waals surface area contributed by atoms with Crippen molar-refractivity contribution in [3.63, 3.8) is 0 Å². The van der Waals surface area contributed by atoms with Crippen LogP contribution in [0.25, 0.3) is 33.0 Å². The largest absolute Gasteiger partial charge is 0.306 e. The highest BCUT2D eigenvalue weighted by Gasteiger charge is 2.50. The molecule has 2 aromatic heterocycles. The zero-order valence-electron chi connectivity index (χ0n) is 49.3. The first-order valence-corrected chi connectivity index (χ1v) is 32.2. The van der Waals surface area contributed by atoms with Gasteiger partial charge in [0.1, 0.15) is 0 Å². The maximum absolute atomic E-state index is 16.0. The van der Waals surface area contributed by atoms with Crippen LogP contribution < -0.4 is 0 Å². The minimum Gasteiger partial charge on any atom is -0.306 e. The third kappa shape index (κ3) is 14.1. The zero-order valence-corrected chi connectivity index (χ0v) is 51.0. The molecule has 2 amide bonds. The monoisotopic (exact) mass is 1050 g/mol. The van der Waals surface area contributed by atoms with Gasteiger partial charge in [0.05, 0.1) is 32.3 Å². The van der Waals surface area contributed by atoms with Crippen molar-refractivity contribution in [3.8, 4) is 21.6 Å². The zero-order chi connectivity index (χ0) is 53.9. The van der Waals surface area contributed by atoms with Crippen molar-refractivity contribution in [1.29, 1.82) is 0 Å². The van der Waals surface area contributed by atoms with Crippen LogP contribution >= 0.6 is 22.7 Å². The molecular formula is C69H100N2O2S2. The van der Waals surface area contributed by atoms with Crippen LogP contribution in [0.15, 0.2) is 71.8 Å². The highest BCUT2D eigenvalue weighted by molar-refractivity contribution is 7.16. The summed E-state index contributed by atoms with van der Waals surface area (Å²) in [6, 6.07) is 23.2. The number of thiophene rings is 2. The first kappa shape index (κ1) is 58.9. The van der Waals surface area contributed by atoms with Crippen LogP contribution in [0.2, 0.25) is 0 Å². The Morgan fingerprint density at radius 1 is 0.453 bits per heavy atom. The summed E-state index contributed by atoms with van der Waals surface area (Å²) in [5.74, 6) is 0.835. The summed E-state index contributed by atoms with van der Waals surface area (Å²) in [5, 5.41) is 0. The quantitative estimate of drug-likeness (QED) is 0.0471. The van der Waals surface area contributed by atoms with E-state index in [-0.39, 0.29) is 28.1 Å². The number of rotatable bonds is 31. The lowest BCUT2D eigenvalue weighted by Crippen LogP contribution is -2.34. The van der Waals surface area contributed by atoms with Gasteiger partial charge < -0.3 is 9.80 Å². The maximum Gasteiger partial charge on any atom is 0.261 e. The fraction of sp³-hybridized carbons (Fsp3) is 0.623. The number of amides is 2. The van der Waals surface area contributed by atoms with Crippen molar-refractivity contribution in [2.24, 2.45) is 11.8 Å². The normalized spacial score (nSPS) is 16.2. The second kappa shape index (κ2) is 26.7. The predicted octanol–water partition coefficient (Wildman–Crippen LogP) is 20.9. The van der Waals surface area contributed by atoms with Crippen molar-refractivity contribution in [1.82, 2.24) is 9.80 Å². The molecule has 0 bridgehead atoms. The number of benzene rings is 2. The van der Waals surface area contributed by atoms with Gasteiger partial charge in [-0.2, -0.15) is 0 Å². The molecule has 0 saturated heterocycles. The van der Waals surface area contributed by atoms with Crippen LogP contribution in [0.5, 0.6) is 0 Å². The number of carbonyl (C=O) groups is 2. The van der Waals surface area contributed by atoms with E-state index in [4.69, 9.17) is 0 Å². The van der Waals surface area contributed by atoms with Gasteiger partial charge in [0.15, 0.2) is 0 Å². The van der Waals surface area contributed by atoms with E-state index in [9.17, 15) is 0 Å². The molecule has 1 aliphatic carbocycles. The van der Waals surface area contributed by atoms with E-state index < -0.39 is 0 Å². The lowest BCUT2D eigenvalue weighted by Gasteiger charge is -2.29. The molecule has 4 nitrogen and oxygen atoms in total. The Bertz CT molecular complexity index is 2590. The molecule has 7 rings (SSSR count). The molecule has 0 radical (unpaired) electrons. The molecule has 0 saturated carbocycles. The number of hydrogen-bond donors (Lipinski definition) is 0. The predicted molar refractivity (Wildman–Crippen MR) is 327 cm³/mol. The molecule has 410 valence electrons. The van der Waals surface area contributed by atoms with Crippen LogP contribution in [0.4, 0.5) is 0 Å². The fourth-order valence-electron chi connectivity index (χ4n) is 12.4. The van der Waals surface area contributed by atoms with Gasteiger partial charge in [-0.3, -0.25) is 9.59 Å². The van der Waals surface area contributed by atoms with Gasteiger partial charge in [0, 0.05) is 28.3 Å². The summed E-state index contributed by atoms with van der Waals surface area (Å²) in [6.45, 7) is 29.0. The second-order valence-corrected chi connectivity index (χ2v) is 28.0. The first-order chi connectivity index (χ1) is 35.9. The molecule has 0 fully saturated rings. The lowest BCUT2D eigenvalue weighted by molar-refractivity contribution is -0.124. The molecular weight excluding hydrogens is 953 g/mol. The summed E-state index contributed by atoms with van der Waals surface area (Å²) in [7, 11) is 0. The van der Waals surface area contributed by atoms with Gasteiger partial charge in [0.2, 0.25) is 0 Å². The summed E-state index contributed by atoms with van der Waals surface area (Å²) in [6.07, 6.45) is 29.5. The van der Waals surface area contributed by atoms with Crippen molar-refractivity contribution >= 4 is 45.9 Å². The lowest BCUT2D eigenvalue weighted by atomic mass is 9.79. The van der Waals surface area contributed by atoms with Gasteiger partial charge in [0.25, 0.3) is 11.8 Å². The first-order valence-electron chi connectivity index (χ1n) is 30.6. The average Bonchev–Trinajstić information content (AvgIpc) is 4.21. The highest BCUT2D eigenvalue weighted by Crippen LogP contribution is 2.53. The van der Waals surface area contributed by atoms with Crippen LogP contribution in [0.1, 0.15) is 269 Å². The van der Waals surface area contributed by atoms with E-state index in [2.05, 4.69) is 154 Å². The van der Waals surface area contributed by atoms with Gasteiger partial charge >= 0.3 is 0 Å². The standard InChI is InChI=1S/C69H100N2O2S2/c1-13-17-21-25-27-31-35-49(33-29-23-19-15-3)47-70-63(58-42-41-57(74-58)51-37-39-53-54-40-38-52(67(5,6)7)46-56(54)69(11,12)55(53)45-51)61-62(66(70)73)64(59-43-44-60(75-59)68(8,9)10)71(65(61)72)48-50(34-30-24-20-16-4)36-32-28-26-22-18-14-2/h37-46,49-50H,13-36,47-48H2,1-12H3. The van der Waals surface area contributed by atoms with E-state index in [1.54, 1.807) is 22.7 Å². The van der Waals surface area contributed by atoms with E-state index in [0.717, 1.165) is 46.8 Å². The SMILES string of the molecule is CCCCCCCCC(CCCCCC)CN1C(=O)C2=C(c3ccc(C(C)(C)C)s3)N(CC(CCCCCC)CCCCCCCC)C(=O)C2=C1c1ccc(-c2ccc3c(c2)C(C)(C)c2cc(C(C)(C)C)ccc2-3)s1. The molecule has 4 heterocycles. The summed E-state index contributed by atoms with van der Waals surface area (Å²) >= 11 is 3.55. The van der Waals surface area contributed by atoms with Gasteiger partial charge in [-0.05, 0) is 112 Å². The molecule has 0 N–H and O–H groups in total. The molecule has 2 unspecified atom stereocenters. The van der Waals surface area contributed by atoms with E-state index in [1.165, 1.54) is 172 Å². The number of carbonyl (C=O) groups excluding carboxylic acids is 2. The Morgan fingerprint density at radius 2 is 0.853 bits per heavy atom. The second-order valence-electron chi connectivity index (χ2n) is 25.8. The average molecular weight is 1050 g/mol. The minimum atomic E-state index is -0.142. The smallest absolute Gasteiger partial charge is 0.261 e. The molecule has 6 heteroatoms.